The molecule has 1 aromatic heterocycles. The Morgan fingerprint density at radius 1 is 1.04 bits per heavy atom. The zero-order valence-corrected chi connectivity index (χ0v) is 14.2. The normalized spacial score (nSPS) is 11.1. The smallest absolute Gasteiger partial charge is 0.165 e. The lowest BCUT2D eigenvalue weighted by Gasteiger charge is -2.07. The number of halogens is 1. The molecule has 0 aliphatic heterocycles. The van der Waals surface area contributed by atoms with E-state index in [0.29, 0.717) is 5.75 Å². The lowest BCUT2D eigenvalue weighted by molar-refractivity contribution is 0.391. The summed E-state index contributed by atoms with van der Waals surface area (Å²) in [6.07, 6.45) is 3.91. The van der Waals surface area contributed by atoms with E-state index in [4.69, 9.17) is 4.74 Å². The van der Waals surface area contributed by atoms with Crippen molar-refractivity contribution >= 4 is 10.9 Å². The predicted octanol–water partition coefficient (Wildman–Crippen LogP) is 3.70. The van der Waals surface area contributed by atoms with E-state index in [1.54, 1.807) is 6.07 Å². The van der Waals surface area contributed by atoms with Crippen LogP contribution in [-0.2, 0) is 19.9 Å². The van der Waals surface area contributed by atoms with Gasteiger partial charge in [0.2, 0.25) is 0 Å². The molecule has 126 valence electrons. The molecule has 0 aliphatic carbocycles. The maximum atomic E-state index is 14.0. The highest BCUT2D eigenvalue weighted by atomic mass is 19.1. The zero-order valence-electron chi connectivity index (χ0n) is 14.2. The number of hydrogen-bond donors (Lipinski definition) is 1. The first-order valence-corrected chi connectivity index (χ1v) is 8.25. The van der Waals surface area contributed by atoms with Crippen molar-refractivity contribution in [1.82, 2.24) is 9.88 Å². The van der Waals surface area contributed by atoms with Gasteiger partial charge in [-0.1, -0.05) is 30.3 Å². The predicted molar refractivity (Wildman–Crippen MR) is 96.1 cm³/mol. The van der Waals surface area contributed by atoms with Crippen LogP contribution in [-0.4, -0.2) is 24.8 Å². The van der Waals surface area contributed by atoms with Crippen LogP contribution in [0.15, 0.2) is 48.7 Å². The van der Waals surface area contributed by atoms with Gasteiger partial charge in [0.25, 0.3) is 0 Å². The number of aromatic nitrogens is 1. The summed E-state index contributed by atoms with van der Waals surface area (Å²) >= 11 is 0. The van der Waals surface area contributed by atoms with Gasteiger partial charge < -0.3 is 14.6 Å². The highest BCUT2D eigenvalue weighted by Crippen LogP contribution is 2.32. The molecule has 4 heteroatoms. The molecule has 0 saturated carbocycles. The molecule has 1 N–H and O–H groups in total. The molecule has 3 rings (SSSR count). The molecule has 0 saturated heterocycles. The number of nitrogens with zero attached hydrogens (tertiary/aromatic N) is 1. The Morgan fingerprint density at radius 2 is 1.79 bits per heavy atom. The molecular weight excluding hydrogens is 303 g/mol. The SMILES string of the molecule is COc1c(F)ccc2c1c(CCNCCc1ccccc1)cn2C. The average Bonchev–Trinajstić information content (AvgIpc) is 2.91. The van der Waals surface area contributed by atoms with Crippen LogP contribution in [0.25, 0.3) is 10.9 Å². The average molecular weight is 326 g/mol. The second-order valence-corrected chi connectivity index (χ2v) is 5.98. The molecule has 0 atom stereocenters. The Morgan fingerprint density at radius 3 is 2.54 bits per heavy atom. The van der Waals surface area contributed by atoms with E-state index < -0.39 is 0 Å². The highest BCUT2D eigenvalue weighted by molar-refractivity contribution is 5.90. The van der Waals surface area contributed by atoms with Crippen molar-refractivity contribution in [2.45, 2.75) is 12.8 Å². The van der Waals surface area contributed by atoms with Gasteiger partial charge in [-0.2, -0.15) is 0 Å². The summed E-state index contributed by atoms with van der Waals surface area (Å²) in [5.74, 6) is 0.0295. The third kappa shape index (κ3) is 3.44. The van der Waals surface area contributed by atoms with Crippen LogP contribution in [0, 0.1) is 5.82 Å². The van der Waals surface area contributed by atoms with Crippen molar-refractivity contribution in [3.8, 4) is 5.75 Å². The Labute approximate surface area is 142 Å². The standard InChI is InChI=1S/C20H23FN2O/c1-23-14-16(19-18(23)9-8-17(21)20(19)24-2)11-13-22-12-10-15-6-4-3-5-7-15/h3-9,14,22H,10-13H2,1-2H3. The van der Waals surface area contributed by atoms with E-state index in [-0.39, 0.29) is 5.82 Å². The fourth-order valence-electron chi connectivity index (χ4n) is 3.13. The van der Waals surface area contributed by atoms with Crippen LogP contribution in [0.1, 0.15) is 11.1 Å². The number of benzene rings is 2. The maximum Gasteiger partial charge on any atom is 0.165 e. The lowest BCUT2D eigenvalue weighted by Crippen LogP contribution is -2.20. The number of methoxy groups -OCH3 is 1. The van der Waals surface area contributed by atoms with E-state index in [2.05, 4.69) is 35.8 Å². The summed E-state index contributed by atoms with van der Waals surface area (Å²) < 4.78 is 21.3. The summed E-state index contributed by atoms with van der Waals surface area (Å²) in [5, 5.41) is 4.34. The van der Waals surface area contributed by atoms with Crippen molar-refractivity contribution in [2.75, 3.05) is 20.2 Å². The van der Waals surface area contributed by atoms with E-state index in [9.17, 15) is 4.39 Å². The van der Waals surface area contributed by atoms with Crippen LogP contribution < -0.4 is 10.1 Å². The van der Waals surface area contributed by atoms with Gasteiger partial charge in [-0.3, -0.25) is 0 Å². The van der Waals surface area contributed by atoms with Gasteiger partial charge in [0, 0.05) is 18.6 Å². The van der Waals surface area contributed by atoms with Gasteiger partial charge in [0.1, 0.15) is 0 Å². The third-order valence-corrected chi connectivity index (χ3v) is 4.35. The number of fused-ring (bicyclic) bond motifs is 1. The van der Waals surface area contributed by atoms with E-state index in [1.165, 1.54) is 18.7 Å². The highest BCUT2D eigenvalue weighted by Gasteiger charge is 2.15. The molecule has 0 radical (unpaired) electrons. The molecule has 3 nitrogen and oxygen atoms in total. The zero-order chi connectivity index (χ0) is 16.9. The lowest BCUT2D eigenvalue weighted by atomic mass is 10.1. The van der Waals surface area contributed by atoms with Gasteiger partial charge in [-0.25, -0.2) is 4.39 Å². The molecule has 1 heterocycles. The number of ether oxygens (including phenoxy) is 1. The molecule has 0 bridgehead atoms. The Balaban J connectivity index is 1.64. The van der Waals surface area contributed by atoms with Gasteiger partial charge in [0.05, 0.1) is 12.6 Å². The Bertz CT molecular complexity index is 811. The molecule has 3 aromatic rings. The summed E-state index contributed by atoms with van der Waals surface area (Å²) in [6, 6.07) is 13.7. The summed E-state index contributed by atoms with van der Waals surface area (Å²) in [4.78, 5) is 0. The number of hydrogen-bond acceptors (Lipinski definition) is 2. The topological polar surface area (TPSA) is 26.2 Å². The van der Waals surface area contributed by atoms with Gasteiger partial charge in [-0.15, -0.1) is 0 Å². The minimum absolute atomic E-state index is 0.311. The molecular formula is C20H23FN2O. The van der Waals surface area contributed by atoms with Crippen LogP contribution in [0.5, 0.6) is 5.75 Å². The van der Waals surface area contributed by atoms with Crippen LogP contribution in [0.3, 0.4) is 0 Å². The van der Waals surface area contributed by atoms with E-state index in [0.717, 1.165) is 42.4 Å². The van der Waals surface area contributed by atoms with Crippen molar-refractivity contribution < 1.29 is 9.13 Å². The van der Waals surface area contributed by atoms with Crippen molar-refractivity contribution in [3.63, 3.8) is 0 Å². The first kappa shape index (κ1) is 16.5. The fourth-order valence-corrected chi connectivity index (χ4v) is 3.13. The fraction of sp³-hybridized carbons (Fsp3) is 0.300. The second kappa shape index (κ2) is 7.49. The third-order valence-electron chi connectivity index (χ3n) is 4.35. The van der Waals surface area contributed by atoms with E-state index in [1.807, 2.05) is 17.7 Å². The largest absolute Gasteiger partial charge is 0.493 e. The van der Waals surface area contributed by atoms with Gasteiger partial charge >= 0.3 is 0 Å². The number of aryl methyl sites for hydroxylation is 1. The van der Waals surface area contributed by atoms with E-state index >= 15 is 0 Å². The molecule has 0 unspecified atom stereocenters. The first-order valence-electron chi connectivity index (χ1n) is 8.25. The molecule has 0 spiro atoms. The molecule has 24 heavy (non-hydrogen) atoms. The molecule has 0 aliphatic rings. The number of nitrogens with one attached hydrogen (secondary N) is 1. The van der Waals surface area contributed by atoms with Crippen molar-refractivity contribution in [3.05, 3.63) is 65.6 Å². The van der Waals surface area contributed by atoms with Gasteiger partial charge in [-0.05, 0) is 49.2 Å². The minimum Gasteiger partial charge on any atom is -0.493 e. The van der Waals surface area contributed by atoms with Crippen LogP contribution in [0.2, 0.25) is 0 Å². The van der Waals surface area contributed by atoms with Crippen molar-refractivity contribution in [1.29, 1.82) is 0 Å². The summed E-state index contributed by atoms with van der Waals surface area (Å²) in [7, 11) is 3.50. The number of rotatable bonds is 7. The Kier molecular flexibility index (Phi) is 5.16. The Hall–Kier alpha value is -2.33. The minimum atomic E-state index is -0.311. The molecule has 0 amide bonds. The quantitative estimate of drug-likeness (QED) is 0.670. The van der Waals surface area contributed by atoms with Gasteiger partial charge in [0.15, 0.2) is 11.6 Å². The van der Waals surface area contributed by atoms with Crippen molar-refractivity contribution in [2.24, 2.45) is 7.05 Å². The maximum absolute atomic E-state index is 14.0. The van der Waals surface area contributed by atoms with Crippen LogP contribution >= 0.6 is 0 Å². The van der Waals surface area contributed by atoms with Crippen LogP contribution in [0.4, 0.5) is 4.39 Å². The summed E-state index contributed by atoms with van der Waals surface area (Å²) in [5.41, 5.74) is 3.43. The monoisotopic (exact) mass is 326 g/mol. The summed E-state index contributed by atoms with van der Waals surface area (Å²) in [6.45, 7) is 1.78. The second-order valence-electron chi connectivity index (χ2n) is 5.98. The molecule has 0 fully saturated rings. The first-order chi connectivity index (χ1) is 11.7. The molecule has 2 aromatic carbocycles.